The van der Waals surface area contributed by atoms with Gasteiger partial charge in [-0.15, -0.1) is 0 Å². The van der Waals surface area contributed by atoms with Crippen molar-refractivity contribution in [3.63, 3.8) is 0 Å². The number of likely N-dealkylation sites (tertiary alicyclic amines) is 1. The summed E-state index contributed by atoms with van der Waals surface area (Å²) in [5.74, 6) is -0.265. The first-order valence-electron chi connectivity index (χ1n) is 6.57. The molecule has 2 atom stereocenters. The van der Waals surface area contributed by atoms with Gasteiger partial charge in [0.05, 0.1) is 12.6 Å². The maximum Gasteiger partial charge on any atom is 0.246 e. The Morgan fingerprint density at radius 2 is 2.35 bits per heavy atom. The van der Waals surface area contributed by atoms with Crippen molar-refractivity contribution in [1.82, 2.24) is 4.90 Å². The third-order valence-corrected chi connectivity index (χ3v) is 4.21. The summed E-state index contributed by atoms with van der Waals surface area (Å²) in [6.45, 7) is 2.62. The first-order chi connectivity index (χ1) is 9.52. The van der Waals surface area contributed by atoms with Crippen molar-refractivity contribution in [1.29, 1.82) is 0 Å². The lowest BCUT2D eigenvalue weighted by molar-refractivity contribution is -0.127. The number of aliphatic hydroxyl groups excluding tert-OH is 1. The summed E-state index contributed by atoms with van der Waals surface area (Å²) in [6, 6.07) is 4.44. The highest BCUT2D eigenvalue weighted by molar-refractivity contribution is 9.10. The molecule has 0 radical (unpaired) electrons. The molecule has 108 valence electrons. The largest absolute Gasteiger partial charge is 0.394 e. The first kappa shape index (κ1) is 15.2. The number of aliphatic hydroxyl groups is 1. The molecule has 1 saturated heterocycles. The van der Waals surface area contributed by atoms with E-state index in [0.29, 0.717) is 18.0 Å². The van der Waals surface area contributed by atoms with Crippen LogP contribution in [0.5, 0.6) is 0 Å². The minimum Gasteiger partial charge on any atom is -0.394 e. The Bertz CT molecular complexity index is 533. The van der Waals surface area contributed by atoms with Crippen molar-refractivity contribution in [2.75, 3.05) is 13.2 Å². The number of carbonyl (C=O) groups excluding carboxylic acids is 1. The number of carbonyl (C=O) groups is 1. The molecule has 1 aromatic rings. The molecule has 0 aromatic heterocycles. The van der Waals surface area contributed by atoms with E-state index in [0.717, 1.165) is 10.9 Å². The Morgan fingerprint density at radius 1 is 1.60 bits per heavy atom. The van der Waals surface area contributed by atoms with Crippen LogP contribution in [-0.4, -0.2) is 35.1 Å². The smallest absolute Gasteiger partial charge is 0.246 e. The van der Waals surface area contributed by atoms with Crippen molar-refractivity contribution >= 4 is 27.9 Å². The van der Waals surface area contributed by atoms with Crippen LogP contribution in [0, 0.1) is 11.7 Å². The fourth-order valence-electron chi connectivity index (χ4n) is 2.46. The highest BCUT2D eigenvalue weighted by Crippen LogP contribution is 2.24. The number of hydrogen-bond donors (Lipinski definition) is 1. The molecule has 1 heterocycles. The van der Waals surface area contributed by atoms with Gasteiger partial charge >= 0.3 is 0 Å². The van der Waals surface area contributed by atoms with E-state index in [2.05, 4.69) is 15.9 Å². The third kappa shape index (κ3) is 3.27. The van der Waals surface area contributed by atoms with Crippen molar-refractivity contribution in [3.05, 3.63) is 40.1 Å². The van der Waals surface area contributed by atoms with Crippen LogP contribution < -0.4 is 0 Å². The summed E-state index contributed by atoms with van der Waals surface area (Å²) in [7, 11) is 0. The summed E-state index contributed by atoms with van der Waals surface area (Å²) < 4.78 is 14.3. The van der Waals surface area contributed by atoms with Gasteiger partial charge in [-0.2, -0.15) is 0 Å². The molecule has 0 saturated carbocycles. The van der Waals surface area contributed by atoms with Gasteiger partial charge < -0.3 is 10.0 Å². The van der Waals surface area contributed by atoms with Crippen molar-refractivity contribution in [3.8, 4) is 0 Å². The van der Waals surface area contributed by atoms with Gasteiger partial charge in [0.2, 0.25) is 5.91 Å². The number of halogens is 2. The van der Waals surface area contributed by atoms with Gasteiger partial charge in [0.15, 0.2) is 0 Å². The molecule has 1 fully saturated rings. The van der Waals surface area contributed by atoms with E-state index in [9.17, 15) is 14.3 Å². The Labute approximate surface area is 126 Å². The van der Waals surface area contributed by atoms with Gasteiger partial charge in [0, 0.05) is 22.7 Å². The molecule has 0 aliphatic carbocycles. The molecule has 1 aliphatic rings. The predicted octanol–water partition coefficient (Wildman–Crippen LogP) is 2.83. The minimum atomic E-state index is -0.370. The van der Waals surface area contributed by atoms with Crippen LogP contribution in [0.3, 0.4) is 0 Å². The van der Waals surface area contributed by atoms with Crippen LogP contribution >= 0.6 is 15.9 Å². The lowest BCUT2D eigenvalue weighted by Gasteiger charge is -2.23. The topological polar surface area (TPSA) is 40.5 Å². The van der Waals surface area contributed by atoms with Crippen molar-refractivity contribution < 1.29 is 14.3 Å². The molecule has 0 spiro atoms. The summed E-state index contributed by atoms with van der Waals surface area (Å²) in [5.41, 5.74) is 0.362. The number of rotatable bonds is 3. The molecule has 1 N–H and O–H groups in total. The van der Waals surface area contributed by atoms with Gasteiger partial charge in [-0.25, -0.2) is 4.39 Å². The summed E-state index contributed by atoms with van der Waals surface area (Å²) in [6.07, 6.45) is 3.72. The average molecular weight is 342 g/mol. The third-order valence-electron chi connectivity index (χ3n) is 3.72. The van der Waals surface area contributed by atoms with E-state index in [1.807, 2.05) is 6.92 Å². The van der Waals surface area contributed by atoms with Crippen molar-refractivity contribution in [2.24, 2.45) is 5.92 Å². The fourth-order valence-corrected chi connectivity index (χ4v) is 2.84. The number of nitrogens with zero attached hydrogens (tertiary/aromatic N) is 1. The van der Waals surface area contributed by atoms with Gasteiger partial charge in [-0.3, -0.25) is 4.79 Å². The van der Waals surface area contributed by atoms with Crippen LogP contribution in [0.15, 0.2) is 28.7 Å². The molecule has 20 heavy (non-hydrogen) atoms. The highest BCUT2D eigenvalue weighted by Gasteiger charge is 2.32. The van der Waals surface area contributed by atoms with Gasteiger partial charge in [-0.05, 0) is 36.6 Å². The molecule has 1 amide bonds. The normalized spacial score (nSPS) is 22.7. The molecule has 0 bridgehead atoms. The second-order valence-corrected chi connectivity index (χ2v) is 5.96. The van der Waals surface area contributed by atoms with Crippen LogP contribution in [-0.2, 0) is 4.79 Å². The number of amides is 1. The maximum absolute atomic E-state index is 13.6. The Kier molecular flexibility index (Phi) is 4.94. The van der Waals surface area contributed by atoms with Crippen molar-refractivity contribution in [2.45, 2.75) is 19.4 Å². The summed E-state index contributed by atoms with van der Waals surface area (Å²) >= 11 is 3.27. The van der Waals surface area contributed by atoms with E-state index in [1.54, 1.807) is 17.0 Å². The maximum atomic E-state index is 13.6. The van der Waals surface area contributed by atoms with Gasteiger partial charge in [-0.1, -0.05) is 22.9 Å². The van der Waals surface area contributed by atoms with E-state index < -0.39 is 0 Å². The lowest BCUT2D eigenvalue weighted by Crippen LogP contribution is -2.38. The molecule has 1 aliphatic heterocycles. The molecule has 1 aromatic carbocycles. The SMILES string of the molecule is CC1CCN(C(=O)/C=C/c2cc(Br)ccc2F)C1CO. The minimum absolute atomic E-state index is 0.0357. The number of benzene rings is 1. The average Bonchev–Trinajstić information content (AvgIpc) is 2.80. The monoisotopic (exact) mass is 341 g/mol. The molecule has 2 rings (SSSR count). The zero-order chi connectivity index (χ0) is 14.7. The highest BCUT2D eigenvalue weighted by atomic mass is 79.9. The van der Waals surface area contributed by atoms with Gasteiger partial charge in [0.25, 0.3) is 0 Å². The summed E-state index contributed by atoms with van der Waals surface area (Å²) in [5, 5.41) is 9.34. The molecule has 3 nitrogen and oxygen atoms in total. The predicted molar refractivity (Wildman–Crippen MR) is 79.5 cm³/mol. The first-order valence-corrected chi connectivity index (χ1v) is 7.37. The van der Waals surface area contributed by atoms with E-state index >= 15 is 0 Å². The Hall–Kier alpha value is -1.20. The standard InChI is InChI=1S/C15H17BrFNO2/c1-10-6-7-18(14(10)9-19)15(20)5-2-11-8-12(16)3-4-13(11)17/h2-5,8,10,14,19H,6-7,9H2,1H3/b5-2+. The lowest BCUT2D eigenvalue weighted by atomic mass is 10.0. The molecule has 5 heteroatoms. The number of hydrogen-bond acceptors (Lipinski definition) is 2. The summed E-state index contributed by atoms with van der Waals surface area (Å²) in [4.78, 5) is 13.8. The molecule has 2 unspecified atom stereocenters. The zero-order valence-corrected chi connectivity index (χ0v) is 12.8. The van der Waals surface area contributed by atoms with E-state index in [-0.39, 0.29) is 24.4 Å². The Balaban J connectivity index is 2.11. The van der Waals surface area contributed by atoms with Crippen LogP contribution in [0.1, 0.15) is 18.9 Å². The Morgan fingerprint density at radius 3 is 3.05 bits per heavy atom. The zero-order valence-electron chi connectivity index (χ0n) is 11.2. The van der Waals surface area contributed by atoms with E-state index in [4.69, 9.17) is 0 Å². The van der Waals surface area contributed by atoms with E-state index in [1.165, 1.54) is 18.2 Å². The second kappa shape index (κ2) is 6.50. The molecular weight excluding hydrogens is 325 g/mol. The quantitative estimate of drug-likeness (QED) is 0.859. The van der Waals surface area contributed by atoms with Crippen LogP contribution in [0.2, 0.25) is 0 Å². The fraction of sp³-hybridized carbons (Fsp3) is 0.400. The van der Waals surface area contributed by atoms with Gasteiger partial charge in [0.1, 0.15) is 5.82 Å². The van der Waals surface area contributed by atoms with Crippen LogP contribution in [0.4, 0.5) is 4.39 Å². The second-order valence-electron chi connectivity index (χ2n) is 5.05. The van der Waals surface area contributed by atoms with Crippen LogP contribution in [0.25, 0.3) is 6.08 Å². The molecular formula is C15H17BrFNO2.